The molecule has 0 aliphatic heterocycles. The summed E-state index contributed by atoms with van der Waals surface area (Å²) >= 11 is 0. The van der Waals surface area contributed by atoms with Crippen molar-refractivity contribution in [2.75, 3.05) is 4.72 Å². The molecule has 5 nitrogen and oxygen atoms in total. The van der Waals surface area contributed by atoms with Crippen LogP contribution < -0.4 is 4.72 Å². The van der Waals surface area contributed by atoms with Gasteiger partial charge in [0.1, 0.15) is 0 Å². The minimum atomic E-state index is -3.63. The van der Waals surface area contributed by atoms with Gasteiger partial charge in [-0.3, -0.25) is 9.52 Å². The number of rotatable bonds is 7. The molecule has 0 radical (unpaired) electrons. The van der Waals surface area contributed by atoms with E-state index in [1.807, 2.05) is 49.1 Å². The van der Waals surface area contributed by atoms with Crippen LogP contribution in [0.2, 0.25) is 0 Å². The first-order chi connectivity index (χ1) is 13.9. The summed E-state index contributed by atoms with van der Waals surface area (Å²) < 4.78 is 27.1. The Balaban J connectivity index is 1.69. The number of benzene rings is 2. The largest absolute Gasteiger partial charge is 0.333 e. The van der Waals surface area contributed by atoms with E-state index in [1.54, 1.807) is 30.3 Å². The van der Waals surface area contributed by atoms with Gasteiger partial charge < -0.3 is 4.90 Å². The van der Waals surface area contributed by atoms with Crippen LogP contribution in [0, 0.1) is 0 Å². The van der Waals surface area contributed by atoms with Crippen molar-refractivity contribution in [3.63, 3.8) is 0 Å². The summed E-state index contributed by atoms with van der Waals surface area (Å²) in [5.74, 6) is 0.00489. The van der Waals surface area contributed by atoms with Gasteiger partial charge in [-0.1, -0.05) is 43.2 Å². The van der Waals surface area contributed by atoms with Gasteiger partial charge >= 0.3 is 0 Å². The molecule has 154 valence electrons. The van der Waals surface area contributed by atoms with Crippen LogP contribution in [0.25, 0.3) is 6.08 Å². The molecule has 0 aromatic heterocycles. The molecule has 1 fully saturated rings. The lowest BCUT2D eigenvalue weighted by molar-refractivity contribution is 0.0613. The minimum absolute atomic E-state index is 0.00489. The highest BCUT2D eigenvalue weighted by Crippen LogP contribution is 2.27. The van der Waals surface area contributed by atoms with Crippen LogP contribution in [0.4, 0.5) is 5.69 Å². The predicted octanol–water partition coefficient (Wildman–Crippen LogP) is 4.89. The number of carbonyl (C=O) groups is 1. The molecule has 0 atom stereocenters. The average molecular weight is 413 g/mol. The number of amides is 1. The summed E-state index contributed by atoms with van der Waals surface area (Å²) in [6.07, 6.45) is 5.98. The third kappa shape index (κ3) is 5.70. The van der Waals surface area contributed by atoms with Crippen molar-refractivity contribution in [1.82, 2.24) is 4.90 Å². The fraction of sp³-hybridized carbons (Fsp3) is 0.348. The van der Waals surface area contributed by atoms with Crippen molar-refractivity contribution in [3.05, 3.63) is 71.1 Å². The van der Waals surface area contributed by atoms with Crippen molar-refractivity contribution in [1.29, 1.82) is 0 Å². The maximum Gasteiger partial charge on any atom is 0.255 e. The summed E-state index contributed by atoms with van der Waals surface area (Å²) in [4.78, 5) is 15.0. The van der Waals surface area contributed by atoms with Crippen LogP contribution in [-0.4, -0.2) is 31.3 Å². The minimum Gasteiger partial charge on any atom is -0.333 e. The third-order valence-corrected chi connectivity index (χ3v) is 6.15. The molecule has 0 bridgehead atoms. The monoisotopic (exact) mass is 412 g/mol. The molecular weight excluding hydrogens is 384 g/mol. The van der Waals surface area contributed by atoms with E-state index in [0.29, 0.717) is 17.3 Å². The molecular formula is C23H28N2O3S. The highest BCUT2D eigenvalue weighted by Gasteiger charge is 2.29. The molecule has 0 saturated heterocycles. The molecule has 1 saturated carbocycles. The van der Waals surface area contributed by atoms with Gasteiger partial charge in [0.05, 0.1) is 5.41 Å². The standard InChI is InChI=1S/C23H28N2O3S/c1-18(2)25(22-10-6-7-11-22)23(26)20-12-14-21(15-13-20)24-29(27,28)17-16-19-8-4-3-5-9-19/h3-5,8-9,12-18,22,24H,6-7,10-11H2,1-2H3/b17-16+. The van der Waals surface area contributed by atoms with Crippen molar-refractivity contribution in [2.45, 2.75) is 51.6 Å². The van der Waals surface area contributed by atoms with Crippen molar-refractivity contribution in [3.8, 4) is 0 Å². The zero-order chi connectivity index (χ0) is 20.9. The molecule has 0 spiro atoms. The molecule has 1 aliphatic rings. The van der Waals surface area contributed by atoms with Crippen LogP contribution in [0.15, 0.2) is 60.0 Å². The van der Waals surface area contributed by atoms with Gasteiger partial charge in [0, 0.05) is 23.3 Å². The number of nitrogens with zero attached hydrogens (tertiary/aromatic N) is 1. The second-order valence-electron chi connectivity index (χ2n) is 7.68. The summed E-state index contributed by atoms with van der Waals surface area (Å²) in [5.41, 5.74) is 1.81. The van der Waals surface area contributed by atoms with E-state index in [4.69, 9.17) is 0 Å². The molecule has 1 aliphatic carbocycles. The molecule has 0 heterocycles. The first kappa shape index (κ1) is 21.1. The Hall–Kier alpha value is -2.60. The van der Waals surface area contributed by atoms with Gasteiger partial charge in [-0.25, -0.2) is 8.42 Å². The Morgan fingerprint density at radius 1 is 1.03 bits per heavy atom. The lowest BCUT2D eigenvalue weighted by Gasteiger charge is -2.33. The van der Waals surface area contributed by atoms with Crippen LogP contribution >= 0.6 is 0 Å². The van der Waals surface area contributed by atoms with Crippen LogP contribution in [0.5, 0.6) is 0 Å². The molecule has 2 aromatic carbocycles. The predicted molar refractivity (Wildman–Crippen MR) is 118 cm³/mol. The summed E-state index contributed by atoms with van der Waals surface area (Å²) in [6.45, 7) is 4.08. The Morgan fingerprint density at radius 3 is 2.24 bits per heavy atom. The highest BCUT2D eigenvalue weighted by atomic mass is 32.2. The lowest BCUT2D eigenvalue weighted by Crippen LogP contribution is -2.43. The van der Waals surface area contributed by atoms with E-state index in [2.05, 4.69) is 4.72 Å². The maximum atomic E-state index is 13.0. The number of anilines is 1. The lowest BCUT2D eigenvalue weighted by atomic mass is 10.1. The summed E-state index contributed by atoms with van der Waals surface area (Å²) in [5, 5.41) is 1.14. The van der Waals surface area contributed by atoms with Gasteiger partial charge in [0.2, 0.25) is 0 Å². The van der Waals surface area contributed by atoms with E-state index in [1.165, 1.54) is 12.8 Å². The molecule has 0 unspecified atom stereocenters. The SMILES string of the molecule is CC(C)N(C(=O)c1ccc(NS(=O)(=O)/C=C/c2ccccc2)cc1)C1CCCC1. The molecule has 2 aromatic rings. The van der Waals surface area contributed by atoms with E-state index < -0.39 is 10.0 Å². The maximum absolute atomic E-state index is 13.0. The normalized spacial score (nSPS) is 15.1. The van der Waals surface area contributed by atoms with E-state index in [9.17, 15) is 13.2 Å². The number of carbonyl (C=O) groups excluding carboxylic acids is 1. The first-order valence-corrected chi connectivity index (χ1v) is 11.6. The van der Waals surface area contributed by atoms with E-state index >= 15 is 0 Å². The summed E-state index contributed by atoms with van der Waals surface area (Å²) in [6, 6.07) is 16.3. The topological polar surface area (TPSA) is 66.5 Å². The van der Waals surface area contributed by atoms with E-state index in [0.717, 1.165) is 23.8 Å². The number of hydrogen-bond donors (Lipinski definition) is 1. The number of nitrogens with one attached hydrogen (secondary N) is 1. The summed E-state index contributed by atoms with van der Waals surface area (Å²) in [7, 11) is -3.63. The van der Waals surface area contributed by atoms with Gasteiger partial charge in [-0.05, 0) is 62.6 Å². The quantitative estimate of drug-likeness (QED) is 0.704. The molecule has 29 heavy (non-hydrogen) atoms. The Kier molecular flexibility index (Phi) is 6.75. The van der Waals surface area contributed by atoms with Crippen LogP contribution in [-0.2, 0) is 10.0 Å². The molecule has 6 heteroatoms. The van der Waals surface area contributed by atoms with Gasteiger partial charge in [-0.15, -0.1) is 0 Å². The van der Waals surface area contributed by atoms with Gasteiger partial charge in [0.25, 0.3) is 15.9 Å². The number of hydrogen-bond acceptors (Lipinski definition) is 3. The Bertz CT molecular complexity index is 945. The Labute approximate surface area is 173 Å². The number of sulfonamides is 1. The molecule has 1 amide bonds. The van der Waals surface area contributed by atoms with E-state index in [-0.39, 0.29) is 11.9 Å². The van der Waals surface area contributed by atoms with Gasteiger partial charge in [-0.2, -0.15) is 0 Å². The van der Waals surface area contributed by atoms with Gasteiger partial charge in [0.15, 0.2) is 0 Å². The first-order valence-electron chi connectivity index (χ1n) is 10.0. The van der Waals surface area contributed by atoms with Crippen molar-refractivity contribution >= 4 is 27.7 Å². The third-order valence-electron chi connectivity index (χ3n) is 5.14. The van der Waals surface area contributed by atoms with Crippen LogP contribution in [0.3, 0.4) is 0 Å². The van der Waals surface area contributed by atoms with Crippen LogP contribution in [0.1, 0.15) is 55.5 Å². The smallest absolute Gasteiger partial charge is 0.255 e. The molecule has 3 rings (SSSR count). The van der Waals surface area contributed by atoms with Crippen molar-refractivity contribution < 1.29 is 13.2 Å². The Morgan fingerprint density at radius 2 is 1.66 bits per heavy atom. The zero-order valence-electron chi connectivity index (χ0n) is 16.9. The van der Waals surface area contributed by atoms with Crippen molar-refractivity contribution in [2.24, 2.45) is 0 Å². The fourth-order valence-electron chi connectivity index (χ4n) is 3.76. The second-order valence-corrected chi connectivity index (χ2v) is 9.25. The fourth-order valence-corrected chi connectivity index (χ4v) is 4.63. The molecule has 1 N–H and O–H groups in total. The average Bonchev–Trinajstić information content (AvgIpc) is 3.21. The second kappa shape index (κ2) is 9.27. The highest BCUT2D eigenvalue weighted by molar-refractivity contribution is 7.95. The zero-order valence-corrected chi connectivity index (χ0v) is 17.7.